The van der Waals surface area contributed by atoms with E-state index >= 15 is 0 Å². The third kappa shape index (κ3) is 2.00. The number of benzene rings is 2. The Morgan fingerprint density at radius 1 is 1.09 bits per heavy atom. The lowest BCUT2D eigenvalue weighted by Crippen LogP contribution is -2.08. The van der Waals surface area contributed by atoms with E-state index in [0.29, 0.717) is 16.5 Å². The monoisotopic (exact) mass is 289 g/mol. The van der Waals surface area contributed by atoms with Crippen LogP contribution in [0.4, 0.5) is 0 Å². The molecule has 5 heteroatoms. The summed E-state index contributed by atoms with van der Waals surface area (Å²) in [6.07, 6.45) is 4.53. The van der Waals surface area contributed by atoms with Gasteiger partial charge in [-0.2, -0.15) is 5.10 Å². The first-order valence-corrected chi connectivity index (χ1v) is 6.80. The smallest absolute Gasteiger partial charge is 0.201 e. The van der Waals surface area contributed by atoms with Gasteiger partial charge in [0.05, 0.1) is 28.2 Å². The Bertz CT molecular complexity index is 1060. The maximum absolute atomic E-state index is 12.4. The van der Waals surface area contributed by atoms with Crippen LogP contribution in [0.1, 0.15) is 5.56 Å². The van der Waals surface area contributed by atoms with E-state index in [-0.39, 0.29) is 5.43 Å². The molecule has 0 fully saturated rings. The standard InChI is InChI=1S/C17H11N3O2/c21-17-12(10-22-16-8-4-1-5-13(16)17)9-19-20-11-18-14-6-2-3-7-15(14)20/h1-11H/b19-9+. The minimum Gasteiger partial charge on any atom is -0.463 e. The Hall–Kier alpha value is -3.21. The summed E-state index contributed by atoms with van der Waals surface area (Å²) >= 11 is 0. The van der Waals surface area contributed by atoms with Gasteiger partial charge in [-0.05, 0) is 24.3 Å². The van der Waals surface area contributed by atoms with E-state index < -0.39 is 0 Å². The van der Waals surface area contributed by atoms with E-state index in [1.807, 2.05) is 36.4 Å². The van der Waals surface area contributed by atoms with Gasteiger partial charge >= 0.3 is 0 Å². The minimum absolute atomic E-state index is 0.102. The molecule has 0 saturated carbocycles. The highest BCUT2D eigenvalue weighted by Gasteiger charge is 2.05. The molecule has 2 aromatic carbocycles. The molecule has 0 aliphatic rings. The number of aromatic nitrogens is 2. The van der Waals surface area contributed by atoms with E-state index in [4.69, 9.17) is 4.42 Å². The van der Waals surface area contributed by atoms with Crippen molar-refractivity contribution in [1.82, 2.24) is 9.66 Å². The highest BCUT2D eigenvalue weighted by molar-refractivity contribution is 5.86. The first-order valence-electron chi connectivity index (χ1n) is 6.80. The number of para-hydroxylation sites is 3. The second kappa shape index (κ2) is 4.96. The van der Waals surface area contributed by atoms with Gasteiger partial charge in [-0.15, -0.1) is 0 Å². The Labute approximate surface area is 125 Å². The van der Waals surface area contributed by atoms with E-state index in [9.17, 15) is 4.79 Å². The van der Waals surface area contributed by atoms with E-state index in [0.717, 1.165) is 11.0 Å². The van der Waals surface area contributed by atoms with Gasteiger partial charge in [-0.1, -0.05) is 24.3 Å². The zero-order valence-electron chi connectivity index (χ0n) is 11.5. The summed E-state index contributed by atoms with van der Waals surface area (Å²) in [5.74, 6) is 0. The van der Waals surface area contributed by atoms with Crippen LogP contribution in [0.2, 0.25) is 0 Å². The maximum atomic E-state index is 12.4. The normalized spacial score (nSPS) is 11.6. The van der Waals surface area contributed by atoms with Crippen molar-refractivity contribution in [3.8, 4) is 0 Å². The molecule has 2 heterocycles. The molecular formula is C17H11N3O2. The third-order valence-electron chi connectivity index (χ3n) is 3.46. The zero-order valence-corrected chi connectivity index (χ0v) is 11.5. The van der Waals surface area contributed by atoms with Crippen molar-refractivity contribution < 1.29 is 4.42 Å². The molecule has 0 aliphatic heterocycles. The lowest BCUT2D eigenvalue weighted by Gasteiger charge is -1.98. The van der Waals surface area contributed by atoms with E-state index in [1.165, 1.54) is 12.5 Å². The Morgan fingerprint density at radius 2 is 1.91 bits per heavy atom. The molecule has 2 aromatic heterocycles. The number of imidazole rings is 1. The summed E-state index contributed by atoms with van der Waals surface area (Å²) in [6.45, 7) is 0. The van der Waals surface area contributed by atoms with Crippen LogP contribution in [-0.4, -0.2) is 15.9 Å². The number of rotatable bonds is 2. The van der Waals surface area contributed by atoms with Crippen LogP contribution in [0.25, 0.3) is 22.0 Å². The first-order chi connectivity index (χ1) is 10.8. The maximum Gasteiger partial charge on any atom is 0.201 e. The molecule has 0 amide bonds. The Balaban J connectivity index is 1.80. The Kier molecular flexibility index (Phi) is 2.83. The average molecular weight is 289 g/mol. The number of fused-ring (bicyclic) bond motifs is 2. The fraction of sp³-hybridized carbons (Fsp3) is 0. The van der Waals surface area contributed by atoms with Crippen LogP contribution in [0.5, 0.6) is 0 Å². The molecule has 22 heavy (non-hydrogen) atoms. The average Bonchev–Trinajstić information content (AvgIpc) is 2.98. The number of hydrogen-bond acceptors (Lipinski definition) is 4. The molecule has 4 aromatic rings. The van der Waals surface area contributed by atoms with Crippen LogP contribution in [0.15, 0.2) is 75.4 Å². The molecule has 0 unspecified atom stereocenters. The SMILES string of the molecule is O=c1c(/C=N/n2cnc3ccccc32)coc2ccccc12. The second-order valence-electron chi connectivity index (χ2n) is 4.84. The van der Waals surface area contributed by atoms with Gasteiger partial charge in [0.2, 0.25) is 5.43 Å². The van der Waals surface area contributed by atoms with Crippen LogP contribution >= 0.6 is 0 Å². The quantitative estimate of drug-likeness (QED) is 0.533. The lowest BCUT2D eigenvalue weighted by molar-refractivity contribution is 0.601. The summed E-state index contributed by atoms with van der Waals surface area (Å²) in [7, 11) is 0. The van der Waals surface area contributed by atoms with Crippen LogP contribution in [-0.2, 0) is 0 Å². The van der Waals surface area contributed by atoms with Crippen molar-refractivity contribution in [3.63, 3.8) is 0 Å². The summed E-state index contributed by atoms with van der Waals surface area (Å²) in [4.78, 5) is 16.6. The van der Waals surface area contributed by atoms with Gasteiger partial charge in [-0.25, -0.2) is 9.66 Å². The van der Waals surface area contributed by atoms with E-state index in [2.05, 4.69) is 10.1 Å². The van der Waals surface area contributed by atoms with Crippen molar-refractivity contribution >= 4 is 28.2 Å². The van der Waals surface area contributed by atoms with Crippen molar-refractivity contribution in [3.05, 3.63) is 76.9 Å². The Morgan fingerprint density at radius 3 is 2.86 bits per heavy atom. The van der Waals surface area contributed by atoms with Crippen molar-refractivity contribution in [2.45, 2.75) is 0 Å². The minimum atomic E-state index is -0.102. The zero-order chi connectivity index (χ0) is 14.9. The fourth-order valence-electron chi connectivity index (χ4n) is 2.34. The van der Waals surface area contributed by atoms with Crippen LogP contribution in [0.3, 0.4) is 0 Å². The molecule has 4 rings (SSSR count). The van der Waals surface area contributed by atoms with Crippen LogP contribution < -0.4 is 5.43 Å². The topological polar surface area (TPSA) is 60.4 Å². The molecule has 0 saturated heterocycles. The highest BCUT2D eigenvalue weighted by Crippen LogP contribution is 2.12. The molecule has 0 spiro atoms. The first kappa shape index (κ1) is 12.5. The van der Waals surface area contributed by atoms with Gasteiger partial charge < -0.3 is 4.42 Å². The lowest BCUT2D eigenvalue weighted by atomic mass is 10.2. The molecule has 0 N–H and O–H groups in total. The second-order valence-corrected chi connectivity index (χ2v) is 4.84. The fourth-order valence-corrected chi connectivity index (χ4v) is 2.34. The summed E-state index contributed by atoms with van der Waals surface area (Å²) in [5.41, 5.74) is 2.60. The molecule has 0 bridgehead atoms. The number of nitrogens with zero attached hydrogens (tertiary/aromatic N) is 3. The van der Waals surface area contributed by atoms with Crippen molar-refractivity contribution in [2.75, 3.05) is 0 Å². The van der Waals surface area contributed by atoms with Gasteiger partial charge in [0.25, 0.3) is 0 Å². The number of hydrogen-bond donors (Lipinski definition) is 0. The molecule has 0 aliphatic carbocycles. The van der Waals surface area contributed by atoms with Gasteiger partial charge in [0.1, 0.15) is 18.2 Å². The van der Waals surface area contributed by atoms with Crippen molar-refractivity contribution in [1.29, 1.82) is 0 Å². The molecule has 0 radical (unpaired) electrons. The predicted octanol–water partition coefficient (Wildman–Crippen LogP) is 3.02. The molecule has 0 atom stereocenters. The molecule has 5 nitrogen and oxygen atoms in total. The van der Waals surface area contributed by atoms with Crippen molar-refractivity contribution in [2.24, 2.45) is 5.10 Å². The van der Waals surface area contributed by atoms with Crippen LogP contribution in [0, 0.1) is 0 Å². The summed E-state index contributed by atoms with van der Waals surface area (Å²) in [5, 5.41) is 4.84. The predicted molar refractivity (Wildman–Crippen MR) is 85.2 cm³/mol. The van der Waals surface area contributed by atoms with Gasteiger partial charge in [-0.3, -0.25) is 4.79 Å². The summed E-state index contributed by atoms with van der Waals surface area (Å²) < 4.78 is 7.09. The third-order valence-corrected chi connectivity index (χ3v) is 3.46. The summed E-state index contributed by atoms with van der Waals surface area (Å²) in [6, 6.07) is 14.8. The largest absolute Gasteiger partial charge is 0.463 e. The molecular weight excluding hydrogens is 278 g/mol. The van der Waals surface area contributed by atoms with Gasteiger partial charge in [0.15, 0.2) is 0 Å². The molecule has 106 valence electrons. The van der Waals surface area contributed by atoms with Gasteiger partial charge in [0, 0.05) is 0 Å². The van der Waals surface area contributed by atoms with E-state index in [1.54, 1.807) is 23.1 Å². The highest BCUT2D eigenvalue weighted by atomic mass is 16.3.